The summed E-state index contributed by atoms with van der Waals surface area (Å²) in [6, 6.07) is 8.58. The maximum atomic E-state index is 14.7. The summed E-state index contributed by atoms with van der Waals surface area (Å²) in [5, 5.41) is 10.4. The van der Waals surface area contributed by atoms with Gasteiger partial charge in [-0.05, 0) is 30.9 Å². The molecule has 2 saturated heterocycles. The SMILES string of the molecule is CC[C@H](C)[C@H](CO)N1C(=O)[C@@H]2[C@@H]3C(=O)N(c4ccccc4)CC=C[C@@H]3S[C@@]23C=CCN(C2CCCCC2)C(=O)C13. The van der Waals surface area contributed by atoms with Crippen LogP contribution in [0.4, 0.5) is 5.69 Å². The van der Waals surface area contributed by atoms with E-state index < -0.39 is 28.7 Å². The fraction of sp³-hybridized carbons (Fsp3) is 0.594. The zero-order chi connectivity index (χ0) is 28.0. The lowest BCUT2D eigenvalue weighted by Gasteiger charge is -2.42. The maximum Gasteiger partial charge on any atom is 0.247 e. The summed E-state index contributed by atoms with van der Waals surface area (Å²) < 4.78 is -0.854. The molecule has 8 heteroatoms. The van der Waals surface area contributed by atoms with Gasteiger partial charge in [-0.1, -0.05) is 82.0 Å². The number of likely N-dealkylation sites (tertiary alicyclic amines) is 1. The zero-order valence-electron chi connectivity index (χ0n) is 23.5. The Hall–Kier alpha value is -2.58. The smallest absolute Gasteiger partial charge is 0.247 e. The average molecular weight is 564 g/mol. The summed E-state index contributed by atoms with van der Waals surface area (Å²) in [5.74, 6) is -1.49. The van der Waals surface area contributed by atoms with E-state index in [1.807, 2.05) is 48.2 Å². The average Bonchev–Trinajstić information content (AvgIpc) is 3.29. The van der Waals surface area contributed by atoms with Crippen molar-refractivity contribution >= 4 is 35.2 Å². The normalized spacial score (nSPS) is 33.9. The number of fused-ring (bicyclic) bond motifs is 2. The maximum absolute atomic E-state index is 14.7. The van der Waals surface area contributed by atoms with Gasteiger partial charge in [0.1, 0.15) is 6.04 Å². The van der Waals surface area contributed by atoms with E-state index in [0.717, 1.165) is 37.8 Å². The lowest BCUT2D eigenvalue weighted by Crippen LogP contribution is -2.59. The minimum Gasteiger partial charge on any atom is -0.394 e. The van der Waals surface area contributed by atoms with Gasteiger partial charge in [-0.3, -0.25) is 14.4 Å². The molecule has 4 aliphatic heterocycles. The summed E-state index contributed by atoms with van der Waals surface area (Å²) in [7, 11) is 0. The van der Waals surface area contributed by atoms with Crippen molar-refractivity contribution in [1.82, 2.24) is 9.80 Å². The second-order valence-corrected chi connectivity index (χ2v) is 13.6. The Morgan fingerprint density at radius 2 is 1.75 bits per heavy atom. The quantitative estimate of drug-likeness (QED) is 0.529. The molecule has 1 aromatic carbocycles. The molecule has 1 spiro atoms. The van der Waals surface area contributed by atoms with Crippen molar-refractivity contribution in [2.24, 2.45) is 17.8 Å². The number of para-hydroxylation sites is 1. The van der Waals surface area contributed by atoms with Crippen molar-refractivity contribution in [3.8, 4) is 0 Å². The van der Waals surface area contributed by atoms with Gasteiger partial charge in [0, 0.05) is 30.1 Å². The minimum atomic E-state index is -0.854. The molecular weight excluding hydrogens is 522 g/mol. The third kappa shape index (κ3) is 4.25. The molecular formula is C32H41N3O4S. The van der Waals surface area contributed by atoms with Crippen LogP contribution in [0.2, 0.25) is 0 Å². The standard InChI is InChI=1S/C32H41N3O4S/c1-3-21(2)24(20-36)35-28-31(39)34(23-14-8-5-9-15-23)19-11-17-32(28)27(30(35)38)26-25(40-32)16-10-18-33(29(26)37)22-12-6-4-7-13-22/h4,6-7,10-13,16-17,21,23-28,36H,3,5,8-9,14-15,18-20H2,1-2H3/t21-,24-,25-,26+,27-,28?,32-/m0/s1. The Kier molecular flexibility index (Phi) is 7.59. The van der Waals surface area contributed by atoms with Crippen LogP contribution in [0.15, 0.2) is 54.6 Å². The summed E-state index contributed by atoms with van der Waals surface area (Å²) in [5.41, 5.74) is 0.811. The fourth-order valence-electron chi connectivity index (χ4n) is 7.83. The van der Waals surface area contributed by atoms with E-state index in [4.69, 9.17) is 0 Å². The molecule has 7 nitrogen and oxygen atoms in total. The highest BCUT2D eigenvalue weighted by atomic mass is 32.2. The summed E-state index contributed by atoms with van der Waals surface area (Å²) in [4.78, 5) is 49.2. The highest BCUT2D eigenvalue weighted by Crippen LogP contribution is 2.61. The van der Waals surface area contributed by atoms with E-state index in [1.165, 1.54) is 6.42 Å². The second kappa shape index (κ2) is 11.0. The first-order valence-corrected chi connectivity index (χ1v) is 15.9. The van der Waals surface area contributed by atoms with Crippen molar-refractivity contribution in [2.45, 2.75) is 80.5 Å². The molecule has 5 aliphatic rings. The van der Waals surface area contributed by atoms with Crippen LogP contribution in [0.5, 0.6) is 0 Å². The van der Waals surface area contributed by atoms with Crippen molar-refractivity contribution < 1.29 is 19.5 Å². The number of rotatable bonds is 6. The van der Waals surface area contributed by atoms with E-state index in [0.29, 0.717) is 13.1 Å². The Morgan fingerprint density at radius 3 is 2.45 bits per heavy atom. The number of hydrogen-bond donors (Lipinski definition) is 1. The van der Waals surface area contributed by atoms with Gasteiger partial charge in [-0.2, -0.15) is 0 Å². The molecule has 0 radical (unpaired) electrons. The van der Waals surface area contributed by atoms with Crippen LogP contribution in [-0.4, -0.2) is 80.4 Å². The molecule has 1 saturated carbocycles. The number of aliphatic hydroxyl groups is 1. The van der Waals surface area contributed by atoms with E-state index in [-0.39, 0.29) is 41.5 Å². The monoisotopic (exact) mass is 563 g/mol. The van der Waals surface area contributed by atoms with Crippen molar-refractivity contribution in [1.29, 1.82) is 0 Å². The number of thioether (sulfide) groups is 1. The molecule has 214 valence electrons. The molecule has 1 unspecified atom stereocenters. The molecule has 3 fully saturated rings. The van der Waals surface area contributed by atoms with Gasteiger partial charge in [0.15, 0.2) is 0 Å². The van der Waals surface area contributed by atoms with E-state index in [1.54, 1.807) is 21.6 Å². The lowest BCUT2D eigenvalue weighted by atomic mass is 9.78. The Labute approximate surface area is 241 Å². The number of benzene rings is 1. The number of anilines is 1. The third-order valence-electron chi connectivity index (χ3n) is 10.1. The van der Waals surface area contributed by atoms with Crippen LogP contribution < -0.4 is 4.90 Å². The topological polar surface area (TPSA) is 81.2 Å². The van der Waals surface area contributed by atoms with Gasteiger partial charge < -0.3 is 19.8 Å². The second-order valence-electron chi connectivity index (χ2n) is 12.1. The first-order chi connectivity index (χ1) is 19.4. The molecule has 4 heterocycles. The number of nitrogens with zero attached hydrogens (tertiary/aromatic N) is 3. The number of carbonyl (C=O) groups is 3. The van der Waals surface area contributed by atoms with E-state index >= 15 is 0 Å². The van der Waals surface area contributed by atoms with Crippen LogP contribution in [-0.2, 0) is 14.4 Å². The predicted octanol–water partition coefficient (Wildman–Crippen LogP) is 4.02. The first kappa shape index (κ1) is 27.6. The van der Waals surface area contributed by atoms with Crippen molar-refractivity contribution in [2.75, 3.05) is 24.6 Å². The molecule has 0 aromatic heterocycles. The van der Waals surface area contributed by atoms with Gasteiger partial charge in [-0.15, -0.1) is 11.8 Å². The Balaban J connectivity index is 1.45. The van der Waals surface area contributed by atoms with Crippen LogP contribution >= 0.6 is 11.8 Å². The lowest BCUT2D eigenvalue weighted by molar-refractivity contribution is -0.148. The molecule has 0 bridgehead atoms. The molecule has 6 rings (SSSR count). The van der Waals surface area contributed by atoms with E-state index in [9.17, 15) is 19.5 Å². The zero-order valence-corrected chi connectivity index (χ0v) is 24.3. The fourth-order valence-corrected chi connectivity index (χ4v) is 9.82. The van der Waals surface area contributed by atoms with Crippen molar-refractivity contribution in [3.05, 3.63) is 54.6 Å². The molecule has 1 N–H and O–H groups in total. The third-order valence-corrected chi connectivity index (χ3v) is 11.8. The predicted molar refractivity (Wildman–Crippen MR) is 158 cm³/mol. The van der Waals surface area contributed by atoms with Crippen LogP contribution in [0, 0.1) is 17.8 Å². The van der Waals surface area contributed by atoms with Gasteiger partial charge in [0.05, 0.1) is 29.2 Å². The van der Waals surface area contributed by atoms with Gasteiger partial charge in [-0.25, -0.2) is 0 Å². The van der Waals surface area contributed by atoms with Gasteiger partial charge >= 0.3 is 0 Å². The minimum absolute atomic E-state index is 0.0133. The Bertz CT molecular complexity index is 1200. The number of hydrogen-bond acceptors (Lipinski definition) is 5. The number of aliphatic hydroxyl groups excluding tert-OH is 1. The highest BCUT2D eigenvalue weighted by molar-refractivity contribution is 8.02. The molecule has 1 aliphatic carbocycles. The number of carbonyl (C=O) groups excluding carboxylic acids is 3. The summed E-state index contributed by atoms with van der Waals surface area (Å²) >= 11 is 1.62. The van der Waals surface area contributed by atoms with E-state index in [2.05, 4.69) is 25.2 Å². The largest absolute Gasteiger partial charge is 0.394 e. The van der Waals surface area contributed by atoms with Crippen LogP contribution in [0.25, 0.3) is 0 Å². The number of amides is 3. The molecule has 40 heavy (non-hydrogen) atoms. The first-order valence-electron chi connectivity index (χ1n) is 15.0. The Morgan fingerprint density at radius 1 is 1.00 bits per heavy atom. The van der Waals surface area contributed by atoms with Crippen LogP contribution in [0.3, 0.4) is 0 Å². The van der Waals surface area contributed by atoms with Crippen molar-refractivity contribution in [3.63, 3.8) is 0 Å². The van der Waals surface area contributed by atoms with Gasteiger partial charge in [0.2, 0.25) is 17.7 Å². The van der Waals surface area contributed by atoms with Gasteiger partial charge in [0.25, 0.3) is 0 Å². The molecule has 7 atom stereocenters. The highest BCUT2D eigenvalue weighted by Gasteiger charge is 2.72. The summed E-state index contributed by atoms with van der Waals surface area (Å²) in [6.45, 7) is 4.86. The molecule has 3 amide bonds. The molecule has 1 aromatic rings. The van der Waals surface area contributed by atoms with Crippen LogP contribution in [0.1, 0.15) is 52.4 Å². The summed E-state index contributed by atoms with van der Waals surface area (Å²) in [6.07, 6.45) is 14.4.